The van der Waals surface area contributed by atoms with Gasteiger partial charge in [-0.3, -0.25) is 0 Å². The van der Waals surface area contributed by atoms with E-state index in [0.717, 1.165) is 29.5 Å². The van der Waals surface area contributed by atoms with Gasteiger partial charge in [0.25, 0.3) is 0 Å². The molecule has 164 valence electrons. The first-order valence-electron chi connectivity index (χ1n) is 11.0. The van der Waals surface area contributed by atoms with Crippen LogP contribution in [0.5, 0.6) is 17.2 Å². The summed E-state index contributed by atoms with van der Waals surface area (Å²) in [5.41, 5.74) is 3.78. The number of benzene rings is 3. The van der Waals surface area contributed by atoms with Gasteiger partial charge in [0.1, 0.15) is 23.9 Å². The van der Waals surface area contributed by atoms with Gasteiger partial charge in [-0.25, -0.2) is 0 Å². The molecule has 0 atom stereocenters. The van der Waals surface area contributed by atoms with Gasteiger partial charge in [-0.05, 0) is 64.4 Å². The Morgan fingerprint density at radius 3 is 1.97 bits per heavy atom. The number of nitrogens with one attached hydrogen (secondary N) is 1. The topological polar surface area (TPSA) is 30.5 Å². The molecule has 3 aromatic rings. The highest BCUT2D eigenvalue weighted by atomic mass is 16.5. The number of para-hydroxylation sites is 1. The Kier molecular flexibility index (Phi) is 6.94. The fourth-order valence-electron chi connectivity index (χ4n) is 3.33. The van der Waals surface area contributed by atoms with Gasteiger partial charge in [0.05, 0.1) is 0 Å². The highest BCUT2D eigenvalue weighted by molar-refractivity contribution is 5.47. The molecule has 0 saturated heterocycles. The molecule has 31 heavy (non-hydrogen) atoms. The molecule has 3 heteroatoms. The Labute approximate surface area is 187 Å². The van der Waals surface area contributed by atoms with E-state index in [-0.39, 0.29) is 10.8 Å². The Morgan fingerprint density at radius 1 is 0.710 bits per heavy atom. The van der Waals surface area contributed by atoms with Gasteiger partial charge >= 0.3 is 0 Å². The maximum Gasteiger partial charge on any atom is 0.127 e. The average Bonchev–Trinajstić information content (AvgIpc) is 2.72. The van der Waals surface area contributed by atoms with Crippen LogP contribution >= 0.6 is 0 Å². The molecule has 0 aliphatic carbocycles. The molecule has 0 aliphatic heterocycles. The summed E-state index contributed by atoms with van der Waals surface area (Å²) in [6.07, 6.45) is 0. The Hall–Kier alpha value is -2.94. The summed E-state index contributed by atoms with van der Waals surface area (Å²) < 4.78 is 12.0. The van der Waals surface area contributed by atoms with Gasteiger partial charge in [0, 0.05) is 12.2 Å². The molecule has 0 heterocycles. The molecule has 0 fully saturated rings. The third kappa shape index (κ3) is 6.52. The quantitative estimate of drug-likeness (QED) is 0.402. The number of hydrogen-bond donors (Lipinski definition) is 1. The average molecular weight is 418 g/mol. The van der Waals surface area contributed by atoms with Crippen molar-refractivity contribution >= 4 is 5.69 Å². The van der Waals surface area contributed by atoms with Crippen LogP contribution in [0.3, 0.4) is 0 Å². The van der Waals surface area contributed by atoms with E-state index in [4.69, 9.17) is 9.47 Å². The Bertz CT molecular complexity index is 965. The van der Waals surface area contributed by atoms with E-state index >= 15 is 0 Å². The molecule has 0 unspecified atom stereocenters. The van der Waals surface area contributed by atoms with E-state index in [1.165, 1.54) is 11.1 Å². The van der Waals surface area contributed by atoms with Crippen molar-refractivity contribution in [1.82, 2.24) is 0 Å². The smallest absolute Gasteiger partial charge is 0.127 e. The van der Waals surface area contributed by atoms with Crippen molar-refractivity contribution < 1.29 is 9.47 Å². The molecule has 1 N–H and O–H groups in total. The lowest BCUT2D eigenvalue weighted by molar-refractivity contribution is 0.322. The summed E-state index contributed by atoms with van der Waals surface area (Å²) >= 11 is 0. The predicted molar refractivity (Wildman–Crippen MR) is 131 cm³/mol. The largest absolute Gasteiger partial charge is 0.491 e. The van der Waals surface area contributed by atoms with Gasteiger partial charge in [-0.1, -0.05) is 71.9 Å². The van der Waals surface area contributed by atoms with Crippen LogP contribution in [-0.2, 0) is 10.8 Å². The highest BCUT2D eigenvalue weighted by Gasteiger charge is 2.23. The minimum absolute atomic E-state index is 0.0264. The molecule has 0 aliphatic rings. The minimum atomic E-state index is 0.0264. The fraction of sp³-hybridized carbons (Fsp3) is 0.357. The van der Waals surface area contributed by atoms with Crippen molar-refractivity contribution in [3.8, 4) is 17.2 Å². The number of hydrogen-bond acceptors (Lipinski definition) is 3. The van der Waals surface area contributed by atoms with Crippen LogP contribution in [0, 0.1) is 0 Å². The van der Waals surface area contributed by atoms with Gasteiger partial charge in [-0.2, -0.15) is 0 Å². The zero-order chi connectivity index (χ0) is 22.5. The Morgan fingerprint density at radius 2 is 1.35 bits per heavy atom. The first-order valence-corrected chi connectivity index (χ1v) is 11.0. The van der Waals surface area contributed by atoms with Crippen molar-refractivity contribution in [3.05, 3.63) is 83.9 Å². The normalized spacial score (nSPS) is 11.8. The fourth-order valence-corrected chi connectivity index (χ4v) is 3.33. The molecule has 3 aromatic carbocycles. The first-order chi connectivity index (χ1) is 14.6. The third-order valence-electron chi connectivity index (χ3n) is 5.18. The van der Waals surface area contributed by atoms with Crippen LogP contribution in [0.4, 0.5) is 5.69 Å². The predicted octanol–water partition coefficient (Wildman–Crippen LogP) is 7.56. The molecule has 0 bridgehead atoms. The lowest BCUT2D eigenvalue weighted by Crippen LogP contribution is -2.19. The zero-order valence-corrected chi connectivity index (χ0v) is 19.7. The molecule has 0 amide bonds. The second-order valence-electron chi connectivity index (χ2n) is 9.93. The monoisotopic (exact) mass is 417 g/mol. The standard InChI is InChI=1S/C28H35NO2/c1-27(2,3)21-12-17-26(25(20-21)28(4,5)6)30-19-18-29-22-13-15-24(16-14-22)31-23-10-8-7-9-11-23/h7-17,20,29H,18-19H2,1-6H3. The van der Waals surface area contributed by atoms with Gasteiger partial charge < -0.3 is 14.8 Å². The van der Waals surface area contributed by atoms with Crippen molar-refractivity contribution in [2.24, 2.45) is 0 Å². The molecule has 3 rings (SSSR count). The minimum Gasteiger partial charge on any atom is -0.491 e. The number of anilines is 1. The molecule has 0 radical (unpaired) electrons. The molecular weight excluding hydrogens is 382 g/mol. The number of rotatable bonds is 7. The Balaban J connectivity index is 1.56. The third-order valence-corrected chi connectivity index (χ3v) is 5.18. The summed E-state index contributed by atoms with van der Waals surface area (Å²) in [5.74, 6) is 2.62. The van der Waals surface area contributed by atoms with E-state index in [9.17, 15) is 0 Å². The van der Waals surface area contributed by atoms with Crippen molar-refractivity contribution in [1.29, 1.82) is 0 Å². The van der Waals surface area contributed by atoms with Crippen molar-refractivity contribution in [3.63, 3.8) is 0 Å². The van der Waals surface area contributed by atoms with Crippen LogP contribution in [0.2, 0.25) is 0 Å². The van der Waals surface area contributed by atoms with Crippen LogP contribution < -0.4 is 14.8 Å². The first kappa shape index (κ1) is 22.7. The molecule has 0 spiro atoms. The summed E-state index contributed by atoms with van der Waals surface area (Å²) in [5, 5.41) is 3.42. The van der Waals surface area contributed by atoms with E-state index in [2.05, 4.69) is 65.1 Å². The van der Waals surface area contributed by atoms with Gasteiger partial charge in [0.15, 0.2) is 0 Å². The van der Waals surface area contributed by atoms with E-state index in [0.29, 0.717) is 6.61 Å². The summed E-state index contributed by atoms with van der Waals surface area (Å²) in [7, 11) is 0. The van der Waals surface area contributed by atoms with E-state index in [1.807, 2.05) is 54.6 Å². The lowest BCUT2D eigenvalue weighted by Gasteiger charge is -2.27. The van der Waals surface area contributed by atoms with Crippen LogP contribution in [0.25, 0.3) is 0 Å². The van der Waals surface area contributed by atoms with E-state index in [1.54, 1.807) is 0 Å². The maximum atomic E-state index is 6.17. The summed E-state index contributed by atoms with van der Waals surface area (Å²) in [4.78, 5) is 0. The molecule has 0 saturated carbocycles. The molecular formula is C28H35NO2. The molecule has 0 aromatic heterocycles. The highest BCUT2D eigenvalue weighted by Crippen LogP contribution is 2.35. The molecule has 3 nitrogen and oxygen atoms in total. The zero-order valence-electron chi connectivity index (χ0n) is 19.7. The van der Waals surface area contributed by atoms with Crippen LogP contribution in [-0.4, -0.2) is 13.2 Å². The van der Waals surface area contributed by atoms with Gasteiger partial charge in [-0.15, -0.1) is 0 Å². The van der Waals surface area contributed by atoms with Crippen molar-refractivity contribution in [2.75, 3.05) is 18.5 Å². The van der Waals surface area contributed by atoms with Crippen LogP contribution in [0.1, 0.15) is 52.7 Å². The SMILES string of the molecule is CC(C)(C)c1ccc(OCCNc2ccc(Oc3ccccc3)cc2)c(C(C)(C)C)c1. The second kappa shape index (κ2) is 9.47. The van der Waals surface area contributed by atoms with Gasteiger partial charge in [0.2, 0.25) is 0 Å². The second-order valence-corrected chi connectivity index (χ2v) is 9.93. The van der Waals surface area contributed by atoms with Crippen molar-refractivity contribution in [2.45, 2.75) is 52.4 Å². The lowest BCUT2D eigenvalue weighted by atomic mass is 9.80. The summed E-state index contributed by atoms with van der Waals surface area (Å²) in [6.45, 7) is 14.8. The summed E-state index contributed by atoms with van der Waals surface area (Å²) in [6, 6.07) is 24.4. The number of ether oxygens (including phenoxy) is 2. The van der Waals surface area contributed by atoms with Crippen LogP contribution in [0.15, 0.2) is 72.8 Å². The maximum absolute atomic E-state index is 6.17. The van der Waals surface area contributed by atoms with E-state index < -0.39 is 0 Å².